The highest BCUT2D eigenvalue weighted by Gasteiger charge is 2.59. The van der Waals surface area contributed by atoms with Gasteiger partial charge in [-0.15, -0.1) is 0 Å². The van der Waals surface area contributed by atoms with Crippen LogP contribution < -0.4 is 0 Å². The quantitative estimate of drug-likeness (QED) is 0.598. The van der Waals surface area contributed by atoms with Gasteiger partial charge in [-0.1, -0.05) is 42.5 Å². The molecule has 0 aliphatic heterocycles. The van der Waals surface area contributed by atoms with E-state index in [0.29, 0.717) is 11.3 Å². The molecule has 0 amide bonds. The standard InChI is InChI=1S/C22H19FO2/c1-14(24)19-12-21(25-15(19)2)22(17-9-6-10-18(23)11-17)13-20(22)16-7-4-3-5-8-16/h3-12,20H,13H2,1-2H3/t20-,22-/m0/s1. The number of ketones is 1. The Hall–Kier alpha value is -2.68. The number of halogens is 1. The van der Waals surface area contributed by atoms with E-state index in [1.807, 2.05) is 30.3 Å². The Morgan fingerprint density at radius 2 is 1.88 bits per heavy atom. The summed E-state index contributed by atoms with van der Waals surface area (Å²) in [6.07, 6.45) is 0.838. The van der Waals surface area contributed by atoms with Crippen LogP contribution in [0.4, 0.5) is 4.39 Å². The second-order valence-electron chi connectivity index (χ2n) is 6.79. The Labute approximate surface area is 146 Å². The lowest BCUT2D eigenvalue weighted by molar-refractivity contribution is 0.101. The summed E-state index contributed by atoms with van der Waals surface area (Å²) in [4.78, 5) is 11.8. The predicted molar refractivity (Wildman–Crippen MR) is 94.4 cm³/mol. The van der Waals surface area contributed by atoms with E-state index in [1.165, 1.54) is 18.6 Å². The molecule has 3 heteroatoms. The lowest BCUT2D eigenvalue weighted by Crippen LogP contribution is -2.11. The lowest BCUT2D eigenvalue weighted by atomic mass is 9.88. The summed E-state index contributed by atoms with van der Waals surface area (Å²) in [5.74, 6) is 1.30. The second-order valence-corrected chi connectivity index (χ2v) is 6.79. The van der Waals surface area contributed by atoms with E-state index in [4.69, 9.17) is 4.42 Å². The number of hydrogen-bond acceptors (Lipinski definition) is 2. The molecule has 1 heterocycles. The molecule has 0 radical (unpaired) electrons. The smallest absolute Gasteiger partial charge is 0.163 e. The molecule has 2 nitrogen and oxygen atoms in total. The third-order valence-electron chi connectivity index (χ3n) is 5.24. The third kappa shape index (κ3) is 2.51. The highest BCUT2D eigenvalue weighted by Crippen LogP contribution is 2.64. The number of benzene rings is 2. The van der Waals surface area contributed by atoms with Gasteiger partial charge < -0.3 is 4.42 Å². The Bertz CT molecular complexity index is 942. The molecule has 1 fully saturated rings. The van der Waals surface area contributed by atoms with Crippen LogP contribution in [-0.2, 0) is 5.41 Å². The fourth-order valence-corrected chi connectivity index (χ4v) is 3.90. The molecule has 4 rings (SSSR count). The van der Waals surface area contributed by atoms with E-state index in [9.17, 15) is 9.18 Å². The van der Waals surface area contributed by atoms with E-state index in [0.717, 1.165) is 17.7 Å². The summed E-state index contributed by atoms with van der Waals surface area (Å²) < 4.78 is 19.9. The van der Waals surface area contributed by atoms with Crippen molar-refractivity contribution in [2.45, 2.75) is 31.6 Å². The van der Waals surface area contributed by atoms with Crippen molar-refractivity contribution in [3.8, 4) is 0 Å². The predicted octanol–water partition coefficient (Wildman–Crippen LogP) is 5.40. The SMILES string of the molecule is CC(=O)c1cc([C@]2(c3cccc(F)c3)C[C@H]2c2ccccc2)oc1C. The molecule has 25 heavy (non-hydrogen) atoms. The van der Waals surface area contributed by atoms with Crippen molar-refractivity contribution in [3.05, 3.63) is 94.7 Å². The molecular weight excluding hydrogens is 315 g/mol. The van der Waals surface area contributed by atoms with Crippen molar-refractivity contribution in [1.82, 2.24) is 0 Å². The summed E-state index contributed by atoms with van der Waals surface area (Å²) in [5, 5.41) is 0. The first-order valence-corrected chi connectivity index (χ1v) is 8.45. The van der Waals surface area contributed by atoms with Crippen molar-refractivity contribution in [2.24, 2.45) is 0 Å². The van der Waals surface area contributed by atoms with Gasteiger partial charge in [-0.2, -0.15) is 0 Å². The minimum atomic E-state index is -0.415. The zero-order valence-electron chi connectivity index (χ0n) is 14.3. The number of hydrogen-bond donors (Lipinski definition) is 0. The summed E-state index contributed by atoms with van der Waals surface area (Å²) in [7, 11) is 0. The van der Waals surface area contributed by atoms with Crippen LogP contribution in [0, 0.1) is 12.7 Å². The lowest BCUT2D eigenvalue weighted by Gasteiger charge is -2.16. The molecule has 0 unspecified atom stereocenters. The molecule has 0 saturated heterocycles. The first kappa shape index (κ1) is 15.8. The highest BCUT2D eigenvalue weighted by atomic mass is 19.1. The molecule has 1 saturated carbocycles. The number of furan rings is 1. The third-order valence-corrected chi connectivity index (χ3v) is 5.24. The van der Waals surface area contributed by atoms with E-state index < -0.39 is 5.41 Å². The first-order valence-electron chi connectivity index (χ1n) is 8.45. The van der Waals surface area contributed by atoms with Crippen molar-refractivity contribution in [2.75, 3.05) is 0 Å². The van der Waals surface area contributed by atoms with Crippen molar-refractivity contribution in [3.63, 3.8) is 0 Å². The van der Waals surface area contributed by atoms with Crippen LogP contribution in [0.25, 0.3) is 0 Å². The van der Waals surface area contributed by atoms with E-state index in [-0.39, 0.29) is 17.5 Å². The molecule has 2 aromatic carbocycles. The van der Waals surface area contributed by atoms with Crippen LogP contribution in [0.3, 0.4) is 0 Å². The molecule has 1 aromatic heterocycles. The zero-order chi connectivity index (χ0) is 17.6. The van der Waals surface area contributed by atoms with Crippen molar-refractivity contribution < 1.29 is 13.6 Å². The first-order chi connectivity index (χ1) is 12.0. The van der Waals surface area contributed by atoms with Crippen LogP contribution in [0.1, 0.15) is 52.3 Å². The van der Waals surface area contributed by atoms with Crippen LogP contribution in [0.5, 0.6) is 0 Å². The largest absolute Gasteiger partial charge is 0.465 e. The molecule has 0 bridgehead atoms. The molecule has 0 N–H and O–H groups in total. The van der Waals surface area contributed by atoms with Crippen LogP contribution in [0.2, 0.25) is 0 Å². The van der Waals surface area contributed by atoms with Crippen molar-refractivity contribution in [1.29, 1.82) is 0 Å². The summed E-state index contributed by atoms with van der Waals surface area (Å²) >= 11 is 0. The Morgan fingerprint density at radius 3 is 2.52 bits per heavy atom. The minimum Gasteiger partial charge on any atom is -0.465 e. The fourth-order valence-electron chi connectivity index (χ4n) is 3.90. The monoisotopic (exact) mass is 334 g/mol. The van der Waals surface area contributed by atoms with E-state index >= 15 is 0 Å². The topological polar surface area (TPSA) is 30.2 Å². The molecule has 126 valence electrons. The molecule has 1 aliphatic rings. The molecular formula is C22H19FO2. The number of rotatable bonds is 4. The van der Waals surface area contributed by atoms with Crippen molar-refractivity contribution >= 4 is 5.78 Å². The summed E-state index contributed by atoms with van der Waals surface area (Å²) in [6.45, 7) is 3.34. The Morgan fingerprint density at radius 1 is 1.12 bits per heavy atom. The average molecular weight is 334 g/mol. The van der Waals surface area contributed by atoms with Gasteiger partial charge in [0.1, 0.15) is 17.3 Å². The maximum Gasteiger partial charge on any atom is 0.163 e. The number of carbonyl (C=O) groups is 1. The van der Waals surface area contributed by atoms with Crippen LogP contribution in [0.15, 0.2) is 65.1 Å². The van der Waals surface area contributed by atoms with Gasteiger partial charge >= 0.3 is 0 Å². The molecule has 3 aromatic rings. The average Bonchev–Trinajstić information content (AvgIpc) is 3.24. The van der Waals surface area contributed by atoms with Gasteiger partial charge in [0.15, 0.2) is 5.78 Å². The summed E-state index contributed by atoms with van der Waals surface area (Å²) in [6, 6.07) is 18.7. The zero-order valence-corrected chi connectivity index (χ0v) is 14.3. The van der Waals surface area contributed by atoms with Gasteiger partial charge in [0.2, 0.25) is 0 Å². The molecule has 0 spiro atoms. The van der Waals surface area contributed by atoms with Gasteiger partial charge in [-0.25, -0.2) is 4.39 Å². The number of aryl methyl sites for hydroxylation is 1. The van der Waals surface area contributed by atoms with Gasteiger partial charge in [-0.05, 0) is 49.6 Å². The Balaban J connectivity index is 1.87. The number of Topliss-reactive ketones (excluding diaryl/α,β-unsaturated/α-hetero) is 1. The second kappa shape index (κ2) is 5.69. The van der Waals surface area contributed by atoms with Gasteiger partial charge in [0.25, 0.3) is 0 Å². The maximum absolute atomic E-state index is 13.9. The van der Waals surface area contributed by atoms with Crippen LogP contribution in [-0.4, -0.2) is 5.78 Å². The Kier molecular flexibility index (Phi) is 3.60. The maximum atomic E-state index is 13.9. The van der Waals surface area contributed by atoms with E-state index in [1.54, 1.807) is 19.1 Å². The molecule has 2 atom stereocenters. The summed E-state index contributed by atoms with van der Waals surface area (Å²) in [5.41, 5.74) is 2.28. The minimum absolute atomic E-state index is 0.0150. The normalized spacial score (nSPS) is 22.0. The van der Waals surface area contributed by atoms with Gasteiger partial charge in [0, 0.05) is 5.92 Å². The highest BCUT2D eigenvalue weighted by molar-refractivity contribution is 5.95. The number of carbonyl (C=O) groups excluding carboxylic acids is 1. The van der Waals surface area contributed by atoms with E-state index in [2.05, 4.69) is 12.1 Å². The van der Waals surface area contributed by atoms with Crippen LogP contribution >= 0.6 is 0 Å². The molecule has 1 aliphatic carbocycles. The van der Waals surface area contributed by atoms with Gasteiger partial charge in [0.05, 0.1) is 11.0 Å². The van der Waals surface area contributed by atoms with Gasteiger partial charge in [-0.3, -0.25) is 4.79 Å². The fraction of sp³-hybridized carbons (Fsp3) is 0.227.